The van der Waals surface area contributed by atoms with E-state index in [0.29, 0.717) is 11.5 Å². The molecule has 0 fully saturated rings. The lowest BCUT2D eigenvalue weighted by Gasteiger charge is -2.28. The Balaban J connectivity index is 2.05. The van der Waals surface area contributed by atoms with Gasteiger partial charge in [-0.3, -0.25) is 0 Å². The second-order valence-corrected chi connectivity index (χ2v) is 6.12. The molecule has 1 aromatic carbocycles. The van der Waals surface area contributed by atoms with Crippen LogP contribution in [0, 0.1) is 12.3 Å². The first-order valence-electron chi connectivity index (χ1n) is 6.38. The quantitative estimate of drug-likeness (QED) is 0.744. The first-order chi connectivity index (χ1) is 8.06. The largest absolute Gasteiger partial charge is 0.490 e. The van der Waals surface area contributed by atoms with E-state index < -0.39 is 0 Å². The number of hydrogen-bond donors (Lipinski definition) is 0. The van der Waals surface area contributed by atoms with E-state index in [9.17, 15) is 0 Å². The van der Waals surface area contributed by atoms with Crippen molar-refractivity contribution in [3.8, 4) is 5.75 Å². The monoisotopic (exact) mass is 296 g/mol. The molecule has 2 atom stereocenters. The minimum Gasteiger partial charge on any atom is -0.490 e. The Bertz CT molecular complexity index is 396. The Kier molecular flexibility index (Phi) is 3.82. The van der Waals surface area contributed by atoms with Crippen molar-refractivity contribution in [2.75, 3.05) is 5.33 Å². The summed E-state index contributed by atoms with van der Waals surface area (Å²) < 4.78 is 6.04. The molecule has 2 heteroatoms. The van der Waals surface area contributed by atoms with Gasteiger partial charge < -0.3 is 4.74 Å². The standard InChI is InChI=1S/C15H21BrO/c1-4-15(3,10-16)9-13-8-12-7-11(2)5-6-14(12)17-13/h5-7,13H,4,8-10H2,1-3H3. The van der Waals surface area contributed by atoms with Gasteiger partial charge in [0.25, 0.3) is 0 Å². The maximum atomic E-state index is 6.04. The summed E-state index contributed by atoms with van der Waals surface area (Å²) in [5.74, 6) is 1.09. The maximum absolute atomic E-state index is 6.04. The fraction of sp³-hybridized carbons (Fsp3) is 0.600. The fourth-order valence-corrected chi connectivity index (χ4v) is 3.03. The van der Waals surface area contributed by atoms with Gasteiger partial charge in [0.1, 0.15) is 11.9 Å². The van der Waals surface area contributed by atoms with Crippen LogP contribution in [0.4, 0.5) is 0 Å². The molecule has 0 N–H and O–H groups in total. The van der Waals surface area contributed by atoms with E-state index in [2.05, 4.69) is 54.9 Å². The van der Waals surface area contributed by atoms with Gasteiger partial charge in [0.15, 0.2) is 0 Å². The summed E-state index contributed by atoms with van der Waals surface area (Å²) in [6.45, 7) is 6.73. The first kappa shape index (κ1) is 12.9. The van der Waals surface area contributed by atoms with Gasteiger partial charge in [0.2, 0.25) is 0 Å². The Hall–Kier alpha value is -0.500. The number of alkyl halides is 1. The van der Waals surface area contributed by atoms with E-state index in [1.165, 1.54) is 17.5 Å². The van der Waals surface area contributed by atoms with Gasteiger partial charge in [-0.05, 0) is 36.8 Å². The molecule has 0 amide bonds. The van der Waals surface area contributed by atoms with Crippen molar-refractivity contribution in [1.82, 2.24) is 0 Å². The Morgan fingerprint density at radius 2 is 2.24 bits per heavy atom. The molecule has 2 rings (SSSR count). The summed E-state index contributed by atoms with van der Waals surface area (Å²) in [6.07, 6.45) is 3.74. The zero-order valence-corrected chi connectivity index (χ0v) is 12.5. The molecule has 1 heterocycles. The van der Waals surface area contributed by atoms with Crippen molar-refractivity contribution in [1.29, 1.82) is 0 Å². The zero-order valence-electron chi connectivity index (χ0n) is 10.9. The average Bonchev–Trinajstić information content (AvgIpc) is 2.70. The third-order valence-corrected chi connectivity index (χ3v) is 5.21. The Morgan fingerprint density at radius 3 is 2.88 bits per heavy atom. The van der Waals surface area contributed by atoms with Gasteiger partial charge in [-0.15, -0.1) is 0 Å². The number of aryl methyl sites for hydroxylation is 1. The van der Waals surface area contributed by atoms with Crippen LogP contribution in [0.25, 0.3) is 0 Å². The molecule has 0 bridgehead atoms. The van der Waals surface area contributed by atoms with Gasteiger partial charge in [0, 0.05) is 11.8 Å². The van der Waals surface area contributed by atoms with Crippen LogP contribution in [0.2, 0.25) is 0 Å². The van der Waals surface area contributed by atoms with Crippen LogP contribution in [0.5, 0.6) is 5.75 Å². The van der Waals surface area contributed by atoms with Crippen LogP contribution in [0.3, 0.4) is 0 Å². The number of ether oxygens (including phenoxy) is 1. The highest BCUT2D eigenvalue weighted by Crippen LogP contribution is 2.37. The highest BCUT2D eigenvalue weighted by Gasteiger charge is 2.30. The number of benzene rings is 1. The number of hydrogen-bond acceptors (Lipinski definition) is 1. The third-order valence-electron chi connectivity index (χ3n) is 3.85. The van der Waals surface area contributed by atoms with E-state index in [-0.39, 0.29) is 0 Å². The van der Waals surface area contributed by atoms with Gasteiger partial charge in [-0.2, -0.15) is 0 Å². The maximum Gasteiger partial charge on any atom is 0.123 e. The van der Waals surface area contributed by atoms with Crippen LogP contribution in [0.15, 0.2) is 18.2 Å². The summed E-state index contributed by atoms with van der Waals surface area (Å²) in [5.41, 5.74) is 3.05. The van der Waals surface area contributed by atoms with E-state index in [4.69, 9.17) is 4.74 Å². The van der Waals surface area contributed by atoms with E-state index in [1.54, 1.807) is 0 Å². The number of rotatable bonds is 4. The molecule has 0 saturated carbocycles. The zero-order chi connectivity index (χ0) is 12.5. The Labute approximate surface area is 113 Å². The van der Waals surface area contributed by atoms with E-state index in [1.807, 2.05) is 0 Å². The number of halogens is 1. The van der Waals surface area contributed by atoms with Crippen LogP contribution < -0.4 is 4.74 Å². The summed E-state index contributed by atoms with van der Waals surface area (Å²) in [4.78, 5) is 0. The minimum absolute atomic E-state index is 0.349. The van der Waals surface area contributed by atoms with Gasteiger partial charge in [-0.25, -0.2) is 0 Å². The molecular formula is C15H21BrO. The molecule has 0 aromatic heterocycles. The smallest absolute Gasteiger partial charge is 0.123 e. The minimum atomic E-state index is 0.349. The van der Waals surface area contributed by atoms with Crippen molar-refractivity contribution < 1.29 is 4.74 Å². The third kappa shape index (κ3) is 2.85. The van der Waals surface area contributed by atoms with E-state index >= 15 is 0 Å². The predicted molar refractivity (Wildman–Crippen MR) is 76.1 cm³/mol. The molecule has 94 valence electrons. The van der Waals surface area contributed by atoms with Crippen LogP contribution in [-0.4, -0.2) is 11.4 Å². The Morgan fingerprint density at radius 1 is 1.47 bits per heavy atom. The first-order valence-corrected chi connectivity index (χ1v) is 7.50. The number of fused-ring (bicyclic) bond motifs is 1. The second-order valence-electron chi connectivity index (χ2n) is 5.56. The highest BCUT2D eigenvalue weighted by molar-refractivity contribution is 9.09. The molecule has 0 aliphatic carbocycles. The summed E-state index contributed by atoms with van der Waals surface area (Å²) in [6, 6.07) is 6.50. The molecule has 1 nitrogen and oxygen atoms in total. The van der Waals surface area contributed by atoms with Crippen molar-refractivity contribution in [2.24, 2.45) is 5.41 Å². The summed E-state index contributed by atoms with van der Waals surface area (Å²) in [7, 11) is 0. The van der Waals surface area contributed by atoms with Crippen molar-refractivity contribution >= 4 is 15.9 Å². The SMILES string of the molecule is CCC(C)(CBr)CC1Cc2cc(C)ccc2O1. The molecule has 0 spiro atoms. The lowest BCUT2D eigenvalue weighted by Crippen LogP contribution is -2.27. The van der Waals surface area contributed by atoms with Crippen molar-refractivity contribution in [2.45, 2.75) is 46.1 Å². The normalized spacial score (nSPS) is 21.8. The second kappa shape index (κ2) is 5.01. The molecule has 2 unspecified atom stereocenters. The fourth-order valence-electron chi connectivity index (χ4n) is 2.41. The predicted octanol–water partition coefficient (Wildman–Crippen LogP) is 4.50. The van der Waals surface area contributed by atoms with Gasteiger partial charge >= 0.3 is 0 Å². The molecule has 0 saturated heterocycles. The van der Waals surface area contributed by atoms with Crippen LogP contribution in [0.1, 0.15) is 37.8 Å². The van der Waals surface area contributed by atoms with Crippen molar-refractivity contribution in [3.63, 3.8) is 0 Å². The molecule has 1 aliphatic rings. The highest BCUT2D eigenvalue weighted by atomic mass is 79.9. The lowest BCUT2D eigenvalue weighted by atomic mass is 9.83. The van der Waals surface area contributed by atoms with Gasteiger partial charge in [-0.1, -0.05) is 47.5 Å². The van der Waals surface area contributed by atoms with Crippen molar-refractivity contribution in [3.05, 3.63) is 29.3 Å². The molecule has 0 radical (unpaired) electrons. The molecule has 1 aliphatic heterocycles. The molecule has 1 aromatic rings. The van der Waals surface area contributed by atoms with Gasteiger partial charge in [0.05, 0.1) is 0 Å². The molecular weight excluding hydrogens is 276 g/mol. The van der Waals surface area contributed by atoms with E-state index in [0.717, 1.165) is 23.9 Å². The topological polar surface area (TPSA) is 9.23 Å². The summed E-state index contributed by atoms with van der Waals surface area (Å²) >= 11 is 3.63. The summed E-state index contributed by atoms with van der Waals surface area (Å²) in [5, 5.41) is 1.05. The molecule has 17 heavy (non-hydrogen) atoms. The van der Waals surface area contributed by atoms with Crippen LogP contribution >= 0.6 is 15.9 Å². The lowest BCUT2D eigenvalue weighted by molar-refractivity contribution is 0.157. The van der Waals surface area contributed by atoms with Crippen LogP contribution in [-0.2, 0) is 6.42 Å². The average molecular weight is 297 g/mol.